The number of anilines is 4. The van der Waals surface area contributed by atoms with Crippen molar-refractivity contribution in [3.05, 3.63) is 36.4 Å². The maximum absolute atomic E-state index is 12.3. The van der Waals surface area contributed by atoms with Crippen LogP contribution in [-0.2, 0) is 9.47 Å². The van der Waals surface area contributed by atoms with E-state index in [1.54, 1.807) is 41.3 Å². The predicted octanol–water partition coefficient (Wildman–Crippen LogP) is 3.07. The second-order valence-electron chi connectivity index (χ2n) is 11.8. The van der Waals surface area contributed by atoms with Crippen molar-refractivity contribution >= 4 is 77.6 Å². The van der Waals surface area contributed by atoms with Gasteiger partial charge in [0.25, 0.3) is 0 Å². The minimum Gasteiger partial charge on any atom is -0.490 e. The van der Waals surface area contributed by atoms with Gasteiger partial charge < -0.3 is 35.3 Å². The molecule has 4 amide bonds. The molecule has 2 aliphatic heterocycles. The summed E-state index contributed by atoms with van der Waals surface area (Å²) in [5.74, 6) is 1.24. The lowest BCUT2D eigenvalue weighted by Gasteiger charge is -2.31. The van der Waals surface area contributed by atoms with Crippen LogP contribution in [0.3, 0.4) is 0 Å². The number of nitrogens with two attached hydrogens (primary N) is 1. The van der Waals surface area contributed by atoms with Crippen LogP contribution in [-0.4, -0.2) is 99.4 Å². The van der Waals surface area contributed by atoms with Crippen molar-refractivity contribution in [2.75, 3.05) is 54.2 Å². The van der Waals surface area contributed by atoms with E-state index in [-0.39, 0.29) is 12.1 Å². The highest BCUT2D eigenvalue weighted by Crippen LogP contribution is 2.35. The molecular weight excluding hydrogens is 572 g/mol. The average molecular weight is 612 g/mol. The van der Waals surface area contributed by atoms with Crippen LogP contribution in [0.4, 0.5) is 37.1 Å². The van der Waals surface area contributed by atoms with Crippen LogP contribution in [0.5, 0.6) is 11.5 Å². The van der Waals surface area contributed by atoms with Crippen LogP contribution in [0.25, 0.3) is 0 Å². The molecule has 12 nitrogen and oxygen atoms in total. The number of nitrogens with zero attached hydrogens (tertiary/aromatic N) is 2. The highest BCUT2D eigenvalue weighted by molar-refractivity contribution is 7.60. The molecular formula is C28H39B5N5O7. The molecule has 0 fully saturated rings. The van der Waals surface area contributed by atoms with Gasteiger partial charge in [0.15, 0.2) is 0 Å². The van der Waals surface area contributed by atoms with E-state index >= 15 is 0 Å². The van der Waals surface area contributed by atoms with Crippen LogP contribution in [0.15, 0.2) is 36.4 Å². The van der Waals surface area contributed by atoms with E-state index in [9.17, 15) is 14.4 Å². The number of rotatable bonds is 2. The molecule has 0 atom stereocenters. The largest absolute Gasteiger partial charge is 0.490 e. The summed E-state index contributed by atoms with van der Waals surface area (Å²) < 4.78 is 21.8. The standard InChI is InChI=1S/C15H21N3O4.C13H18N2O3.B5/c1-15(2,3)22-14(20)18-7-8-21-12-6-5-10(9-11(12)18)17-13(19)16-4;1-13(2,3)18-12(16)15-6-7-17-11-5-4-9(14)8-10(11)15;1-4-5(2)3/h5-6,9H,7-8H2,1-4H3,(H2,16,17,19);4-5,8H,6-7,14H2,1-3H3;. The quantitative estimate of drug-likeness (QED) is 0.347. The minimum atomic E-state index is -0.576. The van der Waals surface area contributed by atoms with Crippen LogP contribution in [0, 0.1) is 0 Å². The van der Waals surface area contributed by atoms with Gasteiger partial charge in [-0.25, -0.2) is 14.4 Å². The van der Waals surface area contributed by atoms with Gasteiger partial charge in [0.1, 0.15) is 35.9 Å². The number of urea groups is 1. The second-order valence-corrected chi connectivity index (χ2v) is 11.8. The van der Waals surface area contributed by atoms with Gasteiger partial charge in [-0.1, -0.05) is 0 Å². The number of carbonyl (C=O) groups excluding carboxylic acids is 3. The Morgan fingerprint density at radius 3 is 1.73 bits per heavy atom. The molecule has 17 heteroatoms. The van der Waals surface area contributed by atoms with Crippen LogP contribution in [0.2, 0.25) is 0 Å². The fraction of sp³-hybridized carbons (Fsp3) is 0.464. The summed E-state index contributed by atoms with van der Waals surface area (Å²) in [5, 5.41) is 5.14. The molecule has 4 rings (SSSR count). The van der Waals surface area contributed by atoms with Gasteiger partial charge in [-0.05, 0) is 77.9 Å². The predicted molar refractivity (Wildman–Crippen MR) is 182 cm³/mol. The third-order valence-corrected chi connectivity index (χ3v) is 5.60. The lowest BCUT2D eigenvalue weighted by Crippen LogP contribution is -2.41. The normalized spacial score (nSPS) is 13.3. The average Bonchev–Trinajstić information content (AvgIpc) is 2.95. The number of hydrogen-bond donors (Lipinski definition) is 3. The molecule has 4 N–H and O–H groups in total. The van der Waals surface area contributed by atoms with E-state index in [4.69, 9.17) is 47.9 Å². The Labute approximate surface area is 270 Å². The van der Waals surface area contributed by atoms with Crippen molar-refractivity contribution in [2.24, 2.45) is 0 Å². The third-order valence-electron chi connectivity index (χ3n) is 5.60. The molecule has 2 heterocycles. The summed E-state index contributed by atoms with van der Waals surface area (Å²) in [5.41, 5.74) is 7.04. The highest BCUT2D eigenvalue weighted by Gasteiger charge is 2.29. The van der Waals surface area contributed by atoms with Gasteiger partial charge in [0.2, 0.25) is 0 Å². The van der Waals surface area contributed by atoms with E-state index in [0.717, 1.165) is 0 Å². The number of nitrogens with one attached hydrogen (secondary N) is 2. The smallest absolute Gasteiger partial charge is 0.415 e. The fourth-order valence-corrected chi connectivity index (χ4v) is 3.74. The molecule has 2 aromatic carbocycles. The number of amides is 4. The second kappa shape index (κ2) is 16.3. The maximum Gasteiger partial charge on any atom is 0.415 e. The van der Waals surface area contributed by atoms with E-state index < -0.39 is 23.7 Å². The van der Waals surface area contributed by atoms with E-state index in [2.05, 4.69) is 10.6 Å². The summed E-state index contributed by atoms with van der Waals surface area (Å²) in [4.78, 5) is 38.9. The Morgan fingerprint density at radius 2 is 1.31 bits per heavy atom. The van der Waals surface area contributed by atoms with E-state index in [1.165, 1.54) is 19.0 Å². The molecule has 0 spiro atoms. The summed E-state index contributed by atoms with van der Waals surface area (Å²) in [6.45, 7) is 12.7. The Kier molecular flexibility index (Phi) is 13.5. The lowest BCUT2D eigenvalue weighted by molar-refractivity contribution is 0.0557. The van der Waals surface area contributed by atoms with E-state index in [0.29, 0.717) is 60.6 Å². The zero-order valence-corrected chi connectivity index (χ0v) is 27.0. The molecule has 45 heavy (non-hydrogen) atoms. The topological polar surface area (TPSA) is 145 Å². The van der Waals surface area contributed by atoms with Crippen LogP contribution < -0.4 is 35.6 Å². The van der Waals surface area contributed by atoms with Crippen LogP contribution >= 0.6 is 0 Å². The van der Waals surface area contributed by atoms with Crippen molar-refractivity contribution in [3.8, 4) is 11.5 Å². The zero-order valence-electron chi connectivity index (χ0n) is 27.0. The molecule has 2 aromatic rings. The van der Waals surface area contributed by atoms with Gasteiger partial charge in [0.05, 0.1) is 24.5 Å². The molecule has 0 aromatic heterocycles. The summed E-state index contributed by atoms with van der Waals surface area (Å²) >= 11 is 0. The van der Waals surface area contributed by atoms with Gasteiger partial charge in [-0.2, -0.15) is 0 Å². The Hall–Kier alpha value is -4.03. The molecule has 0 saturated heterocycles. The minimum absolute atomic E-state index is 0.333. The molecule has 0 unspecified atom stereocenters. The lowest BCUT2D eigenvalue weighted by atomic mass is 8.97. The van der Waals surface area contributed by atoms with Crippen molar-refractivity contribution in [2.45, 2.75) is 52.7 Å². The van der Waals surface area contributed by atoms with Gasteiger partial charge >= 0.3 is 18.2 Å². The molecule has 7 radical (unpaired) electrons. The first-order valence-corrected chi connectivity index (χ1v) is 14.3. The number of benzene rings is 2. The SMILES string of the molecule is CC(C)(C)OC(=O)N1CCOc2ccc(N)cc21.CNC(=O)Nc1ccc2c(c1)N(C(=O)OC(C)(C)C)CCO2.[B][B]B([B])[B]. The molecule has 0 bridgehead atoms. The fourth-order valence-electron chi connectivity index (χ4n) is 3.74. The number of ether oxygens (including phenoxy) is 4. The van der Waals surface area contributed by atoms with Crippen molar-refractivity contribution in [3.63, 3.8) is 0 Å². The first-order valence-electron chi connectivity index (χ1n) is 14.3. The zero-order chi connectivity index (χ0) is 33.9. The summed E-state index contributed by atoms with van der Waals surface area (Å²) in [6, 6.07) is 10.0. The maximum atomic E-state index is 12.3. The molecule has 0 saturated carbocycles. The first-order chi connectivity index (χ1) is 20.9. The van der Waals surface area contributed by atoms with Gasteiger partial charge in [0, 0.05) is 55.1 Å². The summed E-state index contributed by atoms with van der Waals surface area (Å²) in [7, 11) is 17.3. The first kappa shape index (κ1) is 37.2. The Balaban J connectivity index is 0.000000277. The molecule has 2 aliphatic rings. The number of hydrogen-bond acceptors (Lipinski definition) is 8. The number of fused-ring (bicyclic) bond motifs is 2. The Bertz CT molecular complexity index is 1320. The van der Waals surface area contributed by atoms with Crippen molar-refractivity contribution in [1.82, 2.24) is 5.32 Å². The van der Waals surface area contributed by atoms with E-state index in [1.807, 2.05) is 41.5 Å². The molecule has 0 aliphatic carbocycles. The molecule has 233 valence electrons. The van der Waals surface area contributed by atoms with Gasteiger partial charge in [-0.15, -0.1) is 0 Å². The van der Waals surface area contributed by atoms with Crippen molar-refractivity contribution in [1.29, 1.82) is 0 Å². The Morgan fingerprint density at radius 1 is 0.867 bits per heavy atom. The van der Waals surface area contributed by atoms with Crippen molar-refractivity contribution < 1.29 is 33.3 Å². The van der Waals surface area contributed by atoms with Gasteiger partial charge in [-0.3, -0.25) is 9.80 Å². The third kappa shape index (κ3) is 12.5. The number of nitrogen functional groups attached to an aromatic ring is 1. The van der Waals surface area contributed by atoms with Crippen LogP contribution in [0.1, 0.15) is 41.5 Å². The monoisotopic (exact) mass is 612 g/mol. The number of carbonyl (C=O) groups is 3. The highest BCUT2D eigenvalue weighted by atomic mass is 16.6. The summed E-state index contributed by atoms with van der Waals surface area (Å²) in [6.07, 6.45) is -1.28.